The Morgan fingerprint density at radius 3 is 2.26 bits per heavy atom. The van der Waals surface area contributed by atoms with Crippen LogP contribution in [-0.4, -0.2) is 21.0 Å². The quantitative estimate of drug-likeness (QED) is 0.273. The van der Waals surface area contributed by atoms with E-state index >= 15 is 0 Å². The van der Waals surface area contributed by atoms with Gasteiger partial charge in [-0.05, 0) is 59.4 Å². The number of fused-ring (bicyclic) bond motifs is 1. The number of aromatic carboxylic acids is 1. The molecule has 174 valence electrons. The van der Waals surface area contributed by atoms with Crippen molar-refractivity contribution in [2.75, 3.05) is 0 Å². The molecule has 0 saturated carbocycles. The van der Waals surface area contributed by atoms with Gasteiger partial charge in [0.25, 0.3) is 6.01 Å². The predicted octanol–water partition coefficient (Wildman–Crippen LogP) is 7.40. The number of carboxylic acids is 1. The van der Waals surface area contributed by atoms with Crippen LogP contribution in [0.2, 0.25) is 0 Å². The van der Waals surface area contributed by atoms with Crippen LogP contribution in [-0.2, 0) is 6.42 Å². The molecule has 0 bridgehead atoms. The Hall–Kier alpha value is -4.45. The van der Waals surface area contributed by atoms with Gasteiger partial charge in [-0.25, -0.2) is 9.18 Å². The first-order chi connectivity index (χ1) is 16.9. The SMILES string of the molecule is CCc1ccc(-c2ccc(-c3cc4nc(Oc5ccc(C)c(C(=O)O)c5)[nH]c4cc3F)cc2)cc1. The molecule has 0 aliphatic rings. The summed E-state index contributed by atoms with van der Waals surface area (Å²) in [6, 6.07) is 24.2. The Balaban J connectivity index is 1.42. The topological polar surface area (TPSA) is 75.2 Å². The lowest BCUT2D eigenvalue weighted by molar-refractivity contribution is 0.0695. The molecular weight excluding hydrogens is 443 g/mol. The molecule has 5 nitrogen and oxygen atoms in total. The number of hydrogen-bond acceptors (Lipinski definition) is 3. The van der Waals surface area contributed by atoms with E-state index < -0.39 is 5.97 Å². The molecular formula is C29H23FN2O3. The van der Waals surface area contributed by atoms with Crippen molar-refractivity contribution < 1.29 is 19.0 Å². The summed E-state index contributed by atoms with van der Waals surface area (Å²) in [5.41, 5.74) is 6.45. The maximum absolute atomic E-state index is 15.0. The van der Waals surface area contributed by atoms with E-state index in [1.54, 1.807) is 25.1 Å². The highest BCUT2D eigenvalue weighted by Gasteiger charge is 2.14. The Bertz CT molecular complexity index is 1540. The van der Waals surface area contributed by atoms with Crippen molar-refractivity contribution in [1.29, 1.82) is 0 Å². The van der Waals surface area contributed by atoms with Gasteiger partial charge in [-0.1, -0.05) is 61.5 Å². The third kappa shape index (κ3) is 4.51. The first-order valence-electron chi connectivity index (χ1n) is 11.3. The lowest BCUT2D eigenvalue weighted by Gasteiger charge is -2.07. The minimum absolute atomic E-state index is 0.150. The van der Waals surface area contributed by atoms with E-state index in [4.69, 9.17) is 4.74 Å². The third-order valence-corrected chi connectivity index (χ3v) is 6.09. The van der Waals surface area contributed by atoms with Gasteiger partial charge in [-0.3, -0.25) is 0 Å². The second-order valence-electron chi connectivity index (χ2n) is 8.40. The number of nitrogens with zero attached hydrogens (tertiary/aromatic N) is 1. The molecule has 0 unspecified atom stereocenters. The molecule has 0 saturated heterocycles. The highest BCUT2D eigenvalue weighted by atomic mass is 19.1. The van der Waals surface area contributed by atoms with E-state index in [0.29, 0.717) is 27.9 Å². The Kier molecular flexibility index (Phi) is 5.79. The summed E-state index contributed by atoms with van der Waals surface area (Å²) in [5, 5.41) is 9.32. The molecule has 0 radical (unpaired) electrons. The van der Waals surface area contributed by atoms with Gasteiger partial charge < -0.3 is 14.8 Å². The van der Waals surface area contributed by atoms with Crippen molar-refractivity contribution in [1.82, 2.24) is 9.97 Å². The zero-order chi connectivity index (χ0) is 24.5. The van der Waals surface area contributed by atoms with E-state index in [2.05, 4.69) is 41.2 Å². The number of carbonyl (C=O) groups is 1. The molecule has 5 rings (SSSR count). The van der Waals surface area contributed by atoms with Gasteiger partial charge >= 0.3 is 5.97 Å². The number of hydrogen-bond donors (Lipinski definition) is 2. The fourth-order valence-corrected chi connectivity index (χ4v) is 4.06. The van der Waals surface area contributed by atoms with Crippen LogP contribution in [0.1, 0.15) is 28.4 Å². The van der Waals surface area contributed by atoms with Gasteiger partial charge in [0.05, 0.1) is 16.6 Å². The fourth-order valence-electron chi connectivity index (χ4n) is 4.06. The van der Waals surface area contributed by atoms with E-state index in [0.717, 1.165) is 23.1 Å². The highest BCUT2D eigenvalue weighted by Crippen LogP contribution is 2.31. The average molecular weight is 467 g/mol. The van der Waals surface area contributed by atoms with Crippen LogP contribution in [0.25, 0.3) is 33.3 Å². The molecule has 0 aliphatic heterocycles. The fraction of sp³-hybridized carbons (Fsp3) is 0.103. The molecule has 0 fully saturated rings. The van der Waals surface area contributed by atoms with E-state index in [-0.39, 0.29) is 17.4 Å². The van der Waals surface area contributed by atoms with Crippen LogP contribution < -0.4 is 4.74 Å². The zero-order valence-electron chi connectivity index (χ0n) is 19.3. The Morgan fingerprint density at radius 1 is 0.943 bits per heavy atom. The summed E-state index contributed by atoms with van der Waals surface area (Å²) in [6.07, 6.45) is 0.995. The van der Waals surface area contributed by atoms with Crippen molar-refractivity contribution in [3.8, 4) is 34.0 Å². The maximum atomic E-state index is 15.0. The van der Waals surface area contributed by atoms with Crippen molar-refractivity contribution in [2.45, 2.75) is 20.3 Å². The number of carboxylic acid groups (broad SMARTS) is 1. The van der Waals surface area contributed by atoms with Crippen molar-refractivity contribution in [3.63, 3.8) is 0 Å². The second kappa shape index (κ2) is 9.06. The largest absolute Gasteiger partial charge is 0.478 e. The molecule has 0 atom stereocenters. The van der Waals surface area contributed by atoms with Crippen molar-refractivity contribution in [2.24, 2.45) is 0 Å². The number of benzene rings is 4. The summed E-state index contributed by atoms with van der Waals surface area (Å²) in [5.74, 6) is -1.08. The lowest BCUT2D eigenvalue weighted by Crippen LogP contribution is -2.00. The number of imidazole rings is 1. The smallest absolute Gasteiger partial charge is 0.336 e. The monoisotopic (exact) mass is 466 g/mol. The normalized spacial score (nSPS) is 11.1. The van der Waals surface area contributed by atoms with Crippen LogP contribution in [0.3, 0.4) is 0 Å². The average Bonchev–Trinajstić information content (AvgIpc) is 3.25. The van der Waals surface area contributed by atoms with Gasteiger partial charge in [-0.15, -0.1) is 0 Å². The number of nitrogens with one attached hydrogen (secondary N) is 1. The van der Waals surface area contributed by atoms with E-state index in [1.165, 1.54) is 17.7 Å². The number of aryl methyl sites for hydroxylation is 2. The van der Waals surface area contributed by atoms with Gasteiger partial charge in [0.15, 0.2) is 0 Å². The zero-order valence-corrected chi connectivity index (χ0v) is 19.3. The van der Waals surface area contributed by atoms with Crippen molar-refractivity contribution in [3.05, 3.63) is 101 Å². The van der Waals surface area contributed by atoms with Crippen LogP contribution in [0.15, 0.2) is 78.9 Å². The lowest BCUT2D eigenvalue weighted by atomic mass is 9.99. The summed E-state index contributed by atoms with van der Waals surface area (Å²) in [4.78, 5) is 18.8. The first kappa shape index (κ1) is 22.3. The van der Waals surface area contributed by atoms with Crippen LogP contribution in [0, 0.1) is 12.7 Å². The Morgan fingerprint density at radius 2 is 1.60 bits per heavy atom. The van der Waals surface area contributed by atoms with Gasteiger partial charge in [0.2, 0.25) is 0 Å². The number of aromatic amines is 1. The van der Waals surface area contributed by atoms with Crippen LogP contribution >= 0.6 is 0 Å². The highest BCUT2D eigenvalue weighted by molar-refractivity contribution is 5.90. The van der Waals surface area contributed by atoms with Gasteiger partial charge in [0.1, 0.15) is 11.6 Å². The number of aromatic nitrogens is 2. The predicted molar refractivity (Wildman–Crippen MR) is 135 cm³/mol. The summed E-state index contributed by atoms with van der Waals surface area (Å²) in [7, 11) is 0. The van der Waals surface area contributed by atoms with Crippen molar-refractivity contribution >= 4 is 17.0 Å². The molecule has 4 aromatic carbocycles. The molecule has 6 heteroatoms. The van der Waals surface area contributed by atoms with Crippen LogP contribution in [0.4, 0.5) is 4.39 Å². The molecule has 2 N–H and O–H groups in total. The standard InChI is InChI=1S/C29H23FN2O3/c1-3-18-5-7-19(8-6-18)20-9-11-21(12-10-20)24-15-26-27(16-25(24)30)32-29(31-26)35-22-13-4-17(2)23(14-22)28(33)34/h4-16H,3H2,1-2H3,(H,31,32)(H,33,34). The molecule has 0 spiro atoms. The van der Waals surface area contributed by atoms with Gasteiger partial charge in [-0.2, -0.15) is 4.98 Å². The molecule has 1 heterocycles. The molecule has 0 amide bonds. The maximum Gasteiger partial charge on any atom is 0.336 e. The summed E-state index contributed by atoms with van der Waals surface area (Å²) < 4.78 is 20.7. The molecule has 5 aromatic rings. The second-order valence-corrected chi connectivity index (χ2v) is 8.40. The molecule has 0 aliphatic carbocycles. The number of rotatable bonds is 6. The molecule has 1 aromatic heterocycles. The van der Waals surface area contributed by atoms with Gasteiger partial charge in [0, 0.05) is 11.6 Å². The minimum atomic E-state index is -1.03. The number of H-pyrrole nitrogens is 1. The third-order valence-electron chi connectivity index (χ3n) is 6.09. The summed E-state index contributed by atoms with van der Waals surface area (Å²) >= 11 is 0. The number of ether oxygens (including phenoxy) is 1. The number of halogens is 1. The van der Waals surface area contributed by atoms with Crippen LogP contribution in [0.5, 0.6) is 11.8 Å². The Labute approximate surface area is 201 Å². The van der Waals surface area contributed by atoms with E-state index in [9.17, 15) is 14.3 Å². The first-order valence-corrected chi connectivity index (χ1v) is 11.3. The summed E-state index contributed by atoms with van der Waals surface area (Å²) in [6.45, 7) is 3.84. The van der Waals surface area contributed by atoms with E-state index in [1.807, 2.05) is 24.3 Å². The minimum Gasteiger partial charge on any atom is -0.478 e. The molecule has 35 heavy (non-hydrogen) atoms.